The van der Waals surface area contributed by atoms with Crippen LogP contribution in [0.4, 0.5) is 0 Å². The van der Waals surface area contributed by atoms with Gasteiger partial charge in [-0.2, -0.15) is 0 Å². The molecule has 3 heteroatoms. The van der Waals surface area contributed by atoms with Crippen LogP contribution in [-0.4, -0.2) is 5.78 Å². The van der Waals surface area contributed by atoms with E-state index in [1.807, 2.05) is 41.9 Å². The molecule has 1 nitrogen and oxygen atoms in total. The van der Waals surface area contributed by atoms with Gasteiger partial charge in [-0.05, 0) is 24.4 Å². The van der Waals surface area contributed by atoms with Crippen LogP contribution < -0.4 is 0 Å². The Labute approximate surface area is 107 Å². The van der Waals surface area contributed by atoms with Crippen LogP contribution in [0, 0.1) is 6.92 Å². The largest absolute Gasteiger partial charge is 0.289 e. The fourth-order valence-corrected chi connectivity index (χ4v) is 3.56. The van der Waals surface area contributed by atoms with E-state index in [0.29, 0.717) is 0 Å². The second-order valence-electron chi connectivity index (χ2n) is 3.87. The van der Waals surface area contributed by atoms with Gasteiger partial charge in [0.15, 0.2) is 5.78 Å². The van der Waals surface area contributed by atoms with Gasteiger partial charge in [0.2, 0.25) is 0 Å². The Balaban J connectivity index is 2.17. The van der Waals surface area contributed by atoms with Gasteiger partial charge in [-0.25, -0.2) is 0 Å². The summed E-state index contributed by atoms with van der Waals surface area (Å²) in [6.07, 6.45) is 0. The lowest BCUT2D eigenvalue weighted by Crippen LogP contribution is -1.99. The second kappa shape index (κ2) is 4.09. The SMILES string of the molecule is Cc1sccc1C(=O)c1csc2ccccc12. The first-order valence-corrected chi connectivity index (χ1v) is 7.08. The second-order valence-corrected chi connectivity index (χ2v) is 5.90. The van der Waals surface area contributed by atoms with Crippen molar-refractivity contribution in [1.82, 2.24) is 0 Å². The van der Waals surface area contributed by atoms with Crippen LogP contribution >= 0.6 is 22.7 Å². The lowest BCUT2D eigenvalue weighted by molar-refractivity contribution is 0.104. The average Bonchev–Trinajstić information content (AvgIpc) is 2.94. The molecule has 0 bridgehead atoms. The summed E-state index contributed by atoms with van der Waals surface area (Å²) < 4.78 is 1.17. The van der Waals surface area contributed by atoms with Crippen LogP contribution in [0.1, 0.15) is 20.8 Å². The molecule has 2 aromatic heterocycles. The van der Waals surface area contributed by atoms with Gasteiger partial charge in [0.1, 0.15) is 0 Å². The number of thiophene rings is 2. The molecular formula is C14H10OS2. The van der Waals surface area contributed by atoms with E-state index in [0.717, 1.165) is 21.4 Å². The van der Waals surface area contributed by atoms with E-state index in [9.17, 15) is 4.79 Å². The molecule has 17 heavy (non-hydrogen) atoms. The van der Waals surface area contributed by atoms with Crippen molar-refractivity contribution >= 4 is 38.5 Å². The molecule has 0 aliphatic carbocycles. The number of hydrogen-bond donors (Lipinski definition) is 0. The number of aryl methyl sites for hydroxylation is 1. The molecule has 0 aliphatic rings. The molecule has 2 heterocycles. The van der Waals surface area contributed by atoms with E-state index in [2.05, 4.69) is 6.07 Å². The first-order valence-electron chi connectivity index (χ1n) is 5.32. The number of carbonyl (C=O) groups excluding carboxylic acids is 1. The Bertz CT molecular complexity index is 691. The molecule has 0 spiro atoms. The highest BCUT2D eigenvalue weighted by Gasteiger charge is 2.16. The molecule has 0 fully saturated rings. The molecule has 0 N–H and O–H groups in total. The summed E-state index contributed by atoms with van der Waals surface area (Å²) in [6, 6.07) is 9.96. The van der Waals surface area contributed by atoms with Gasteiger partial charge in [-0.15, -0.1) is 22.7 Å². The van der Waals surface area contributed by atoms with Gasteiger partial charge in [-0.1, -0.05) is 18.2 Å². The zero-order valence-corrected chi connectivity index (χ0v) is 10.9. The maximum absolute atomic E-state index is 12.4. The Morgan fingerprint density at radius 1 is 1.06 bits per heavy atom. The van der Waals surface area contributed by atoms with Crippen LogP contribution in [0.25, 0.3) is 10.1 Å². The van der Waals surface area contributed by atoms with Crippen molar-refractivity contribution in [2.24, 2.45) is 0 Å². The average molecular weight is 258 g/mol. The van der Waals surface area contributed by atoms with Crippen molar-refractivity contribution in [2.45, 2.75) is 6.92 Å². The van der Waals surface area contributed by atoms with Crippen molar-refractivity contribution in [3.05, 3.63) is 57.1 Å². The van der Waals surface area contributed by atoms with Gasteiger partial charge in [0.05, 0.1) is 0 Å². The maximum Gasteiger partial charge on any atom is 0.195 e. The van der Waals surface area contributed by atoms with Crippen LogP contribution in [0.2, 0.25) is 0 Å². The Morgan fingerprint density at radius 3 is 2.65 bits per heavy atom. The first kappa shape index (κ1) is 10.7. The minimum absolute atomic E-state index is 0.140. The Hall–Kier alpha value is -1.45. The van der Waals surface area contributed by atoms with Gasteiger partial charge in [0, 0.05) is 31.5 Å². The molecule has 0 atom stereocenters. The van der Waals surface area contributed by atoms with Crippen LogP contribution in [0.15, 0.2) is 41.1 Å². The first-order chi connectivity index (χ1) is 8.27. The van der Waals surface area contributed by atoms with Gasteiger partial charge in [-0.3, -0.25) is 4.79 Å². The molecule has 0 saturated carbocycles. The zero-order valence-electron chi connectivity index (χ0n) is 9.27. The summed E-state index contributed by atoms with van der Waals surface area (Å²) in [5.41, 5.74) is 1.66. The molecule has 3 aromatic rings. The third-order valence-corrected chi connectivity index (χ3v) is 4.64. The van der Waals surface area contributed by atoms with E-state index >= 15 is 0 Å². The monoisotopic (exact) mass is 258 g/mol. The zero-order chi connectivity index (χ0) is 11.8. The summed E-state index contributed by atoms with van der Waals surface area (Å²) in [7, 11) is 0. The molecule has 0 unspecified atom stereocenters. The predicted molar refractivity (Wildman–Crippen MR) is 74.3 cm³/mol. The number of carbonyl (C=O) groups is 1. The van der Waals surface area contributed by atoms with E-state index in [4.69, 9.17) is 0 Å². The quantitative estimate of drug-likeness (QED) is 0.618. The Morgan fingerprint density at radius 2 is 1.88 bits per heavy atom. The van der Waals surface area contributed by atoms with E-state index in [1.54, 1.807) is 22.7 Å². The van der Waals surface area contributed by atoms with Gasteiger partial charge >= 0.3 is 0 Å². The summed E-state index contributed by atoms with van der Waals surface area (Å²) >= 11 is 3.25. The lowest BCUT2D eigenvalue weighted by Gasteiger charge is -1.98. The van der Waals surface area contributed by atoms with Gasteiger partial charge in [0.25, 0.3) is 0 Å². The highest BCUT2D eigenvalue weighted by molar-refractivity contribution is 7.17. The molecule has 0 saturated heterocycles. The van der Waals surface area contributed by atoms with Gasteiger partial charge < -0.3 is 0 Å². The Kier molecular flexibility index (Phi) is 2.57. The fourth-order valence-electron chi connectivity index (χ4n) is 1.92. The summed E-state index contributed by atoms with van der Waals surface area (Å²) in [5, 5.41) is 4.99. The van der Waals surface area contributed by atoms with Crippen molar-refractivity contribution in [3.8, 4) is 0 Å². The summed E-state index contributed by atoms with van der Waals surface area (Å²) in [4.78, 5) is 13.5. The molecule has 3 rings (SSSR count). The molecule has 84 valence electrons. The minimum atomic E-state index is 0.140. The third-order valence-electron chi connectivity index (χ3n) is 2.83. The van der Waals surface area contributed by atoms with Crippen LogP contribution in [0.3, 0.4) is 0 Å². The number of rotatable bonds is 2. The molecule has 0 amide bonds. The maximum atomic E-state index is 12.4. The topological polar surface area (TPSA) is 17.1 Å². The minimum Gasteiger partial charge on any atom is -0.289 e. The van der Waals surface area contributed by atoms with Crippen molar-refractivity contribution in [3.63, 3.8) is 0 Å². The van der Waals surface area contributed by atoms with E-state index in [1.165, 1.54) is 4.70 Å². The molecular weight excluding hydrogens is 248 g/mol. The summed E-state index contributed by atoms with van der Waals surface area (Å²) in [5.74, 6) is 0.140. The fraction of sp³-hybridized carbons (Fsp3) is 0.0714. The smallest absolute Gasteiger partial charge is 0.195 e. The number of ketones is 1. The lowest BCUT2D eigenvalue weighted by atomic mass is 10.0. The highest BCUT2D eigenvalue weighted by Crippen LogP contribution is 2.29. The van der Waals surface area contributed by atoms with Crippen LogP contribution in [0.5, 0.6) is 0 Å². The van der Waals surface area contributed by atoms with Crippen LogP contribution in [-0.2, 0) is 0 Å². The number of fused-ring (bicyclic) bond motifs is 1. The molecule has 1 aromatic carbocycles. The standard InChI is InChI=1S/C14H10OS2/c1-9-10(6-7-16-9)14(15)12-8-17-13-5-3-2-4-11(12)13/h2-8H,1H3. The van der Waals surface area contributed by atoms with Crippen molar-refractivity contribution in [1.29, 1.82) is 0 Å². The van der Waals surface area contributed by atoms with Crippen molar-refractivity contribution < 1.29 is 4.79 Å². The highest BCUT2D eigenvalue weighted by atomic mass is 32.1. The normalized spacial score (nSPS) is 10.9. The molecule has 0 aliphatic heterocycles. The summed E-state index contributed by atoms with van der Waals surface area (Å²) in [6.45, 7) is 1.99. The van der Waals surface area contributed by atoms with E-state index in [-0.39, 0.29) is 5.78 Å². The van der Waals surface area contributed by atoms with Crippen molar-refractivity contribution in [2.75, 3.05) is 0 Å². The number of hydrogen-bond acceptors (Lipinski definition) is 3. The third kappa shape index (κ3) is 1.72. The predicted octanol–water partition coefficient (Wildman–Crippen LogP) is 4.50. The van der Waals surface area contributed by atoms with E-state index < -0.39 is 0 Å². The molecule has 0 radical (unpaired) electrons. The number of benzene rings is 1.